The molecule has 0 heterocycles. The zero-order chi connectivity index (χ0) is 16.2. The summed E-state index contributed by atoms with van der Waals surface area (Å²) in [4.78, 5) is 2.31. The smallest absolute Gasteiger partial charge is 0.243 e. The number of likely N-dealkylation sites (N-methyl/N-ethyl adjacent to an activating group) is 2. The number of hydrogen-bond donors (Lipinski definition) is 1. The summed E-state index contributed by atoms with van der Waals surface area (Å²) >= 11 is 0. The summed E-state index contributed by atoms with van der Waals surface area (Å²) in [6, 6.07) is 6.65. The number of hydrogen-bond acceptors (Lipinski definition) is 4. The van der Waals surface area contributed by atoms with Crippen molar-refractivity contribution in [3.63, 3.8) is 0 Å². The van der Waals surface area contributed by atoms with E-state index < -0.39 is 10.0 Å². The van der Waals surface area contributed by atoms with Crippen molar-refractivity contribution in [1.29, 1.82) is 0 Å². The third-order valence-corrected chi connectivity index (χ3v) is 5.55. The highest BCUT2D eigenvalue weighted by molar-refractivity contribution is 7.89. The quantitative estimate of drug-likeness (QED) is 0.831. The maximum atomic E-state index is 12.7. The van der Waals surface area contributed by atoms with Crippen LogP contribution in [0.25, 0.3) is 0 Å². The van der Waals surface area contributed by atoms with E-state index in [-0.39, 0.29) is 12.1 Å². The Hall–Kier alpha value is -0.950. The van der Waals surface area contributed by atoms with Gasteiger partial charge in [0.05, 0.1) is 4.90 Å². The number of nitrogens with zero attached hydrogens (tertiary/aromatic N) is 2. The predicted octanol–water partition coefficient (Wildman–Crippen LogP) is 1.67. The minimum Gasteiger partial charge on any atom is -0.324 e. The standard InChI is InChI=1S/C15H27N3O2S/c1-6-18(12(2)11-17(4)5)21(19,20)15-9-7-14(8-10-15)13(3)16/h7-10,12-13H,6,11,16H2,1-5H3. The van der Waals surface area contributed by atoms with Crippen LogP contribution in [0.3, 0.4) is 0 Å². The van der Waals surface area contributed by atoms with Crippen molar-refractivity contribution in [3.8, 4) is 0 Å². The summed E-state index contributed by atoms with van der Waals surface area (Å²) in [5, 5.41) is 0. The van der Waals surface area contributed by atoms with Gasteiger partial charge in [0, 0.05) is 25.2 Å². The molecule has 21 heavy (non-hydrogen) atoms. The van der Waals surface area contributed by atoms with Crippen molar-refractivity contribution >= 4 is 10.0 Å². The zero-order valence-electron chi connectivity index (χ0n) is 13.6. The molecule has 1 rings (SSSR count). The largest absolute Gasteiger partial charge is 0.324 e. The van der Waals surface area contributed by atoms with E-state index in [1.807, 2.05) is 39.8 Å². The first-order valence-electron chi connectivity index (χ1n) is 7.22. The second-order valence-electron chi connectivity index (χ2n) is 5.68. The van der Waals surface area contributed by atoms with Gasteiger partial charge >= 0.3 is 0 Å². The molecule has 120 valence electrons. The molecule has 0 aliphatic heterocycles. The van der Waals surface area contributed by atoms with Crippen molar-refractivity contribution in [2.75, 3.05) is 27.2 Å². The molecule has 5 nitrogen and oxygen atoms in total. The lowest BCUT2D eigenvalue weighted by atomic mass is 10.1. The summed E-state index contributed by atoms with van der Waals surface area (Å²) in [7, 11) is 0.405. The predicted molar refractivity (Wildman–Crippen MR) is 86.6 cm³/mol. The lowest BCUT2D eigenvalue weighted by Gasteiger charge is -2.29. The van der Waals surface area contributed by atoms with Crippen molar-refractivity contribution in [2.45, 2.75) is 37.8 Å². The van der Waals surface area contributed by atoms with Gasteiger partial charge in [-0.3, -0.25) is 0 Å². The molecule has 0 bridgehead atoms. The van der Waals surface area contributed by atoms with Gasteiger partial charge in [-0.15, -0.1) is 0 Å². The summed E-state index contributed by atoms with van der Waals surface area (Å²) in [5.74, 6) is 0. The summed E-state index contributed by atoms with van der Waals surface area (Å²) < 4.78 is 27.0. The number of nitrogens with two attached hydrogens (primary N) is 1. The third kappa shape index (κ3) is 4.51. The van der Waals surface area contributed by atoms with E-state index in [4.69, 9.17) is 5.73 Å². The lowest BCUT2D eigenvalue weighted by molar-refractivity contribution is 0.271. The van der Waals surface area contributed by atoms with Gasteiger partial charge < -0.3 is 10.6 Å². The van der Waals surface area contributed by atoms with E-state index in [0.717, 1.165) is 5.56 Å². The normalized spacial score (nSPS) is 15.4. The van der Waals surface area contributed by atoms with Gasteiger partial charge in [0.1, 0.15) is 0 Å². The molecule has 0 aliphatic rings. The minimum atomic E-state index is -3.47. The molecule has 0 spiro atoms. The Morgan fingerprint density at radius 1 is 1.14 bits per heavy atom. The van der Waals surface area contributed by atoms with Gasteiger partial charge in [-0.2, -0.15) is 4.31 Å². The van der Waals surface area contributed by atoms with Crippen LogP contribution in [0.2, 0.25) is 0 Å². The number of sulfonamides is 1. The topological polar surface area (TPSA) is 66.6 Å². The summed E-state index contributed by atoms with van der Waals surface area (Å²) in [5.41, 5.74) is 6.73. The van der Waals surface area contributed by atoms with Crippen LogP contribution in [-0.2, 0) is 10.0 Å². The highest BCUT2D eigenvalue weighted by Gasteiger charge is 2.27. The Bertz CT molecular complexity index is 539. The highest BCUT2D eigenvalue weighted by Crippen LogP contribution is 2.20. The second-order valence-corrected chi connectivity index (χ2v) is 7.57. The molecule has 2 unspecified atom stereocenters. The van der Waals surface area contributed by atoms with Crippen LogP contribution in [0.5, 0.6) is 0 Å². The van der Waals surface area contributed by atoms with Gasteiger partial charge in [0.15, 0.2) is 0 Å². The van der Waals surface area contributed by atoms with Crippen molar-refractivity contribution in [2.24, 2.45) is 5.73 Å². The lowest BCUT2D eigenvalue weighted by Crippen LogP contribution is -2.43. The average molecular weight is 313 g/mol. The minimum absolute atomic E-state index is 0.0805. The molecule has 2 atom stereocenters. The average Bonchev–Trinajstić information content (AvgIpc) is 2.38. The Morgan fingerprint density at radius 2 is 1.67 bits per heavy atom. The van der Waals surface area contributed by atoms with Crippen molar-refractivity contribution in [3.05, 3.63) is 29.8 Å². The van der Waals surface area contributed by atoms with Crippen LogP contribution in [0.15, 0.2) is 29.2 Å². The molecule has 6 heteroatoms. The van der Waals surface area contributed by atoms with Gasteiger partial charge in [0.25, 0.3) is 0 Å². The van der Waals surface area contributed by atoms with Gasteiger partial charge in [-0.1, -0.05) is 19.1 Å². The van der Waals surface area contributed by atoms with E-state index >= 15 is 0 Å². The maximum Gasteiger partial charge on any atom is 0.243 e. The van der Waals surface area contributed by atoms with Gasteiger partial charge in [-0.05, 0) is 45.6 Å². The molecule has 0 radical (unpaired) electrons. The molecule has 0 saturated heterocycles. The molecule has 0 saturated carbocycles. The molecule has 0 aromatic heterocycles. The number of rotatable bonds is 7. The highest BCUT2D eigenvalue weighted by atomic mass is 32.2. The molecule has 2 N–H and O–H groups in total. The molecule has 0 aliphatic carbocycles. The molecular weight excluding hydrogens is 286 g/mol. The first kappa shape index (κ1) is 18.1. The first-order valence-corrected chi connectivity index (χ1v) is 8.66. The van der Waals surface area contributed by atoms with Crippen molar-refractivity contribution < 1.29 is 8.42 Å². The summed E-state index contributed by atoms with van der Waals surface area (Å²) in [6.07, 6.45) is 0. The van der Waals surface area contributed by atoms with E-state index in [0.29, 0.717) is 18.0 Å². The fourth-order valence-electron chi connectivity index (χ4n) is 2.42. The Kier molecular flexibility index (Phi) is 6.34. The monoisotopic (exact) mass is 313 g/mol. The van der Waals surface area contributed by atoms with Gasteiger partial charge in [-0.25, -0.2) is 8.42 Å². The van der Waals surface area contributed by atoms with E-state index in [2.05, 4.69) is 0 Å². The summed E-state index contributed by atoms with van der Waals surface area (Å²) in [6.45, 7) is 6.80. The van der Waals surface area contributed by atoms with E-state index in [1.165, 1.54) is 4.31 Å². The Labute approximate surface area is 128 Å². The SMILES string of the molecule is CCN(C(C)CN(C)C)S(=O)(=O)c1ccc(C(C)N)cc1. The van der Waals surface area contributed by atoms with Gasteiger partial charge in [0.2, 0.25) is 10.0 Å². The molecule has 0 amide bonds. The molecule has 0 fully saturated rings. The molecular formula is C15H27N3O2S. The van der Waals surface area contributed by atoms with Crippen LogP contribution in [0, 0.1) is 0 Å². The van der Waals surface area contributed by atoms with Crippen LogP contribution in [0.4, 0.5) is 0 Å². The van der Waals surface area contributed by atoms with Crippen LogP contribution < -0.4 is 5.73 Å². The second kappa shape index (κ2) is 7.35. The van der Waals surface area contributed by atoms with Crippen LogP contribution in [0.1, 0.15) is 32.4 Å². The molecule has 1 aromatic carbocycles. The molecule has 1 aromatic rings. The number of benzene rings is 1. The Morgan fingerprint density at radius 3 is 2.05 bits per heavy atom. The van der Waals surface area contributed by atoms with Crippen LogP contribution in [-0.4, -0.2) is 50.8 Å². The van der Waals surface area contributed by atoms with E-state index in [1.54, 1.807) is 24.3 Å². The van der Waals surface area contributed by atoms with Crippen molar-refractivity contribution in [1.82, 2.24) is 9.21 Å². The third-order valence-electron chi connectivity index (χ3n) is 3.45. The van der Waals surface area contributed by atoms with E-state index in [9.17, 15) is 8.42 Å². The Balaban J connectivity index is 3.06. The first-order chi connectivity index (χ1) is 9.70. The fraction of sp³-hybridized carbons (Fsp3) is 0.600. The van der Waals surface area contributed by atoms with Crippen LogP contribution >= 0.6 is 0 Å². The fourth-order valence-corrected chi connectivity index (χ4v) is 4.05. The zero-order valence-corrected chi connectivity index (χ0v) is 14.4. The maximum absolute atomic E-state index is 12.7.